The lowest BCUT2D eigenvalue weighted by atomic mass is 9.76. The number of aldehydes is 1. The zero-order chi connectivity index (χ0) is 18.7. The lowest BCUT2D eigenvalue weighted by Crippen LogP contribution is -2.47. The van der Waals surface area contributed by atoms with E-state index in [2.05, 4.69) is 11.0 Å². The van der Waals surface area contributed by atoms with Crippen molar-refractivity contribution in [3.8, 4) is 11.5 Å². The molecule has 3 rings (SSSR count). The van der Waals surface area contributed by atoms with E-state index in [1.54, 1.807) is 21.1 Å². The van der Waals surface area contributed by atoms with E-state index in [4.69, 9.17) is 14.2 Å². The van der Waals surface area contributed by atoms with Gasteiger partial charge in [-0.3, -0.25) is 9.69 Å². The number of nitrogens with zero attached hydrogens (tertiary/aromatic N) is 1. The molecule has 0 radical (unpaired) electrons. The van der Waals surface area contributed by atoms with Gasteiger partial charge in [0.25, 0.3) is 0 Å². The Kier molecular flexibility index (Phi) is 5.81. The predicted molar refractivity (Wildman–Crippen MR) is 96.5 cm³/mol. The Morgan fingerprint density at radius 2 is 2.00 bits per heavy atom. The third kappa shape index (κ3) is 3.56. The number of carbonyl (C=O) groups excluding carboxylic acids is 2. The van der Waals surface area contributed by atoms with Crippen LogP contribution in [-0.2, 0) is 20.7 Å². The summed E-state index contributed by atoms with van der Waals surface area (Å²) in [4.78, 5) is 25.9. The Balaban J connectivity index is 1.88. The molecule has 2 heterocycles. The smallest absolute Gasteiger partial charge is 0.306 e. The van der Waals surface area contributed by atoms with E-state index in [1.165, 1.54) is 11.1 Å². The number of hydrogen-bond donors (Lipinski definition) is 0. The molecule has 2 aliphatic heterocycles. The minimum absolute atomic E-state index is 0.00634. The Bertz CT molecular complexity index is 674. The Hall–Kier alpha value is -2.08. The fourth-order valence-electron chi connectivity index (χ4n) is 4.28. The van der Waals surface area contributed by atoms with Crippen LogP contribution in [0.4, 0.5) is 0 Å². The molecule has 26 heavy (non-hydrogen) atoms. The molecule has 1 fully saturated rings. The summed E-state index contributed by atoms with van der Waals surface area (Å²) in [5, 5.41) is 0. The van der Waals surface area contributed by atoms with Gasteiger partial charge in [0.1, 0.15) is 6.29 Å². The number of hydrogen-bond acceptors (Lipinski definition) is 6. The number of ether oxygens (including phenoxy) is 3. The molecule has 3 atom stereocenters. The van der Waals surface area contributed by atoms with Gasteiger partial charge < -0.3 is 19.0 Å². The molecule has 142 valence electrons. The third-order valence-electron chi connectivity index (χ3n) is 5.60. The maximum atomic E-state index is 12.0. The Labute approximate surface area is 154 Å². The van der Waals surface area contributed by atoms with Gasteiger partial charge in [0.05, 0.1) is 20.8 Å². The van der Waals surface area contributed by atoms with Crippen molar-refractivity contribution < 1.29 is 23.8 Å². The first-order valence-electron chi connectivity index (χ1n) is 9.21. The average Bonchev–Trinajstić information content (AvgIpc) is 2.66. The van der Waals surface area contributed by atoms with Gasteiger partial charge in [-0.25, -0.2) is 0 Å². The number of carbonyl (C=O) groups is 2. The number of rotatable bonds is 6. The summed E-state index contributed by atoms with van der Waals surface area (Å²) in [5.74, 6) is 1.11. The van der Waals surface area contributed by atoms with E-state index in [-0.39, 0.29) is 23.8 Å². The van der Waals surface area contributed by atoms with E-state index in [0.29, 0.717) is 25.3 Å². The molecule has 1 saturated heterocycles. The summed E-state index contributed by atoms with van der Waals surface area (Å²) >= 11 is 0. The van der Waals surface area contributed by atoms with Crippen LogP contribution < -0.4 is 9.47 Å². The number of benzene rings is 1. The fourth-order valence-corrected chi connectivity index (χ4v) is 4.28. The molecular weight excluding hydrogens is 334 g/mol. The molecule has 0 bridgehead atoms. The van der Waals surface area contributed by atoms with Crippen LogP contribution >= 0.6 is 0 Å². The summed E-state index contributed by atoms with van der Waals surface area (Å²) in [5.41, 5.74) is 2.47. The van der Waals surface area contributed by atoms with Crippen LogP contribution in [0.5, 0.6) is 11.5 Å². The topological polar surface area (TPSA) is 65.1 Å². The molecule has 0 N–H and O–H groups in total. The second-order valence-corrected chi connectivity index (χ2v) is 6.97. The van der Waals surface area contributed by atoms with E-state index < -0.39 is 0 Å². The van der Waals surface area contributed by atoms with Gasteiger partial charge in [-0.15, -0.1) is 0 Å². The highest BCUT2D eigenvalue weighted by molar-refractivity contribution is 5.70. The second-order valence-electron chi connectivity index (χ2n) is 6.97. The minimum atomic E-state index is -0.221. The van der Waals surface area contributed by atoms with Crippen LogP contribution in [-0.4, -0.2) is 51.1 Å². The predicted octanol–water partition coefficient (Wildman–Crippen LogP) is 2.39. The maximum Gasteiger partial charge on any atom is 0.306 e. The van der Waals surface area contributed by atoms with Gasteiger partial charge in [0, 0.05) is 31.5 Å². The summed E-state index contributed by atoms with van der Waals surface area (Å²) in [6.45, 7) is 3.76. The molecule has 6 heteroatoms. The van der Waals surface area contributed by atoms with E-state index >= 15 is 0 Å². The molecule has 0 aromatic heterocycles. The largest absolute Gasteiger partial charge is 0.493 e. The Morgan fingerprint density at radius 3 is 2.65 bits per heavy atom. The van der Waals surface area contributed by atoms with Gasteiger partial charge in [-0.2, -0.15) is 0 Å². The first kappa shape index (κ1) is 18.7. The zero-order valence-electron chi connectivity index (χ0n) is 15.7. The second kappa shape index (κ2) is 8.08. The van der Waals surface area contributed by atoms with Crippen molar-refractivity contribution in [2.75, 3.05) is 33.9 Å². The van der Waals surface area contributed by atoms with Crippen molar-refractivity contribution in [1.82, 2.24) is 4.90 Å². The van der Waals surface area contributed by atoms with Gasteiger partial charge in [-0.1, -0.05) is 0 Å². The number of fused-ring (bicyclic) bond motifs is 3. The highest BCUT2D eigenvalue weighted by Crippen LogP contribution is 2.44. The highest BCUT2D eigenvalue weighted by Gasteiger charge is 2.40. The minimum Gasteiger partial charge on any atom is -0.493 e. The van der Waals surface area contributed by atoms with Crippen LogP contribution in [0.1, 0.15) is 36.9 Å². The van der Waals surface area contributed by atoms with Crippen LogP contribution in [0.2, 0.25) is 0 Å². The average molecular weight is 361 g/mol. The molecule has 0 spiro atoms. The molecule has 2 aliphatic rings. The van der Waals surface area contributed by atoms with Gasteiger partial charge >= 0.3 is 5.97 Å². The molecule has 0 aliphatic carbocycles. The molecule has 6 nitrogen and oxygen atoms in total. The fraction of sp³-hybridized carbons (Fsp3) is 0.600. The molecule has 0 unspecified atom stereocenters. The number of piperidine rings is 1. The number of methoxy groups -OCH3 is 2. The van der Waals surface area contributed by atoms with Gasteiger partial charge in [0.2, 0.25) is 0 Å². The molecular formula is C20H27NO5. The third-order valence-corrected chi connectivity index (χ3v) is 5.60. The highest BCUT2D eigenvalue weighted by atomic mass is 16.5. The van der Waals surface area contributed by atoms with Gasteiger partial charge in [-0.05, 0) is 48.9 Å². The van der Waals surface area contributed by atoms with E-state index in [9.17, 15) is 9.59 Å². The SMILES string of the molecule is CCOC(=O)C[C@H]1C[C@H]2c3cc(OC)c(OC)cc3CCN2C[C@@H]1C=O. The lowest BCUT2D eigenvalue weighted by Gasteiger charge is -2.45. The van der Waals surface area contributed by atoms with Crippen LogP contribution in [0.3, 0.4) is 0 Å². The summed E-state index contributed by atoms with van der Waals surface area (Å²) in [6.07, 6.45) is 2.99. The van der Waals surface area contributed by atoms with Crippen molar-refractivity contribution in [3.05, 3.63) is 23.3 Å². The molecule has 1 aromatic carbocycles. The van der Waals surface area contributed by atoms with Crippen LogP contribution in [0.15, 0.2) is 12.1 Å². The summed E-state index contributed by atoms with van der Waals surface area (Å²) in [6, 6.07) is 4.29. The van der Waals surface area contributed by atoms with Crippen LogP contribution in [0, 0.1) is 11.8 Å². The van der Waals surface area contributed by atoms with Crippen molar-refractivity contribution in [2.45, 2.75) is 32.2 Å². The molecule has 1 aromatic rings. The summed E-state index contributed by atoms with van der Waals surface area (Å²) in [7, 11) is 3.28. The first-order chi connectivity index (χ1) is 12.6. The van der Waals surface area contributed by atoms with Crippen molar-refractivity contribution >= 4 is 12.3 Å². The quantitative estimate of drug-likeness (QED) is 0.573. The summed E-state index contributed by atoms with van der Waals surface area (Å²) < 4.78 is 16.0. The van der Waals surface area contributed by atoms with E-state index in [0.717, 1.165) is 31.4 Å². The molecule has 0 amide bonds. The molecule has 0 saturated carbocycles. The lowest BCUT2D eigenvalue weighted by molar-refractivity contribution is -0.145. The first-order valence-corrected chi connectivity index (χ1v) is 9.21. The van der Waals surface area contributed by atoms with Crippen molar-refractivity contribution in [2.24, 2.45) is 11.8 Å². The Morgan fingerprint density at radius 1 is 1.27 bits per heavy atom. The monoisotopic (exact) mass is 361 g/mol. The normalized spacial score (nSPS) is 25.0. The van der Waals surface area contributed by atoms with Crippen molar-refractivity contribution in [3.63, 3.8) is 0 Å². The zero-order valence-corrected chi connectivity index (χ0v) is 15.7. The van der Waals surface area contributed by atoms with E-state index in [1.807, 2.05) is 6.07 Å². The number of esters is 1. The van der Waals surface area contributed by atoms with Crippen LogP contribution in [0.25, 0.3) is 0 Å². The van der Waals surface area contributed by atoms with Crippen molar-refractivity contribution in [1.29, 1.82) is 0 Å². The standard InChI is InChI=1S/C20H27NO5/c1-4-26-20(23)9-14-7-17-16-10-19(25-3)18(24-2)8-13(16)5-6-21(17)11-15(14)12-22/h8,10,12,14-15,17H,4-7,9,11H2,1-3H3/t14-,15-,17+/m1/s1. The maximum absolute atomic E-state index is 12.0. The van der Waals surface area contributed by atoms with Gasteiger partial charge in [0.15, 0.2) is 11.5 Å².